The molecule has 0 spiro atoms. The first-order valence-electron chi connectivity index (χ1n) is 4.81. The quantitative estimate of drug-likeness (QED) is 0.805. The van der Waals surface area contributed by atoms with Crippen molar-refractivity contribution in [1.82, 2.24) is 0 Å². The first-order chi connectivity index (χ1) is 7.32. The third-order valence-electron chi connectivity index (χ3n) is 2.86. The van der Waals surface area contributed by atoms with Crippen LogP contribution in [0.5, 0.6) is 0 Å². The molecule has 0 amide bonds. The summed E-state index contributed by atoms with van der Waals surface area (Å²) in [5.41, 5.74) is 4.30. The summed E-state index contributed by atoms with van der Waals surface area (Å²) in [7, 11) is 0. The summed E-state index contributed by atoms with van der Waals surface area (Å²) in [6, 6.07) is 2.33. The number of carboxylic acids is 1. The second kappa shape index (κ2) is 4.29. The van der Waals surface area contributed by atoms with Crippen LogP contribution in [0.25, 0.3) is 0 Å². The zero-order valence-electron chi connectivity index (χ0n) is 9.05. The lowest BCUT2D eigenvalue weighted by atomic mass is 9.80. The summed E-state index contributed by atoms with van der Waals surface area (Å²) in [5.74, 6) is -1.69. The van der Waals surface area contributed by atoms with E-state index >= 15 is 0 Å². The lowest BCUT2D eigenvalue weighted by Gasteiger charge is -2.25. The molecule has 88 valence electrons. The molecule has 0 saturated carbocycles. The van der Waals surface area contributed by atoms with Gasteiger partial charge in [-0.3, -0.25) is 4.79 Å². The molecule has 0 radical (unpaired) electrons. The summed E-state index contributed by atoms with van der Waals surface area (Å²) in [6.07, 6.45) is 0.311. The predicted octanol–water partition coefficient (Wildman–Crippen LogP) is 2.81. The Balaban J connectivity index is 3.42. The monoisotopic (exact) mass is 245 g/mol. The Bertz CT molecular complexity index is 436. The number of hydrogen-bond donors (Lipinski definition) is 2. The van der Waals surface area contributed by atoms with Gasteiger partial charge in [-0.2, -0.15) is 0 Å². The first-order valence-corrected chi connectivity index (χ1v) is 5.19. The third-order valence-corrected chi connectivity index (χ3v) is 3.17. The minimum Gasteiger partial charge on any atom is -0.481 e. The average Bonchev–Trinajstić information content (AvgIpc) is 2.22. The van der Waals surface area contributed by atoms with Crippen LogP contribution in [0, 0.1) is 5.82 Å². The second-order valence-electron chi connectivity index (χ2n) is 3.84. The van der Waals surface area contributed by atoms with E-state index in [0.717, 1.165) is 6.07 Å². The molecule has 0 aliphatic rings. The minimum atomic E-state index is -1.20. The molecule has 0 fully saturated rings. The van der Waals surface area contributed by atoms with Crippen molar-refractivity contribution in [2.75, 3.05) is 5.73 Å². The lowest BCUT2D eigenvalue weighted by molar-refractivity contribution is -0.143. The van der Waals surface area contributed by atoms with E-state index in [-0.39, 0.29) is 16.3 Å². The van der Waals surface area contributed by atoms with Gasteiger partial charge in [0.05, 0.1) is 11.1 Å². The maximum absolute atomic E-state index is 13.3. The van der Waals surface area contributed by atoms with Crippen molar-refractivity contribution in [3.63, 3.8) is 0 Å². The summed E-state index contributed by atoms with van der Waals surface area (Å²) >= 11 is 5.90. The number of carboxylic acid groups (broad SMARTS) is 1. The van der Waals surface area contributed by atoms with Crippen molar-refractivity contribution < 1.29 is 14.3 Å². The molecule has 0 bridgehead atoms. The summed E-state index contributed by atoms with van der Waals surface area (Å²) in [5, 5.41) is 9.33. The van der Waals surface area contributed by atoms with Crippen LogP contribution in [0.1, 0.15) is 25.8 Å². The van der Waals surface area contributed by atoms with Crippen LogP contribution < -0.4 is 5.73 Å². The van der Waals surface area contributed by atoms with Crippen molar-refractivity contribution in [1.29, 1.82) is 0 Å². The molecule has 1 unspecified atom stereocenters. The van der Waals surface area contributed by atoms with E-state index in [4.69, 9.17) is 22.4 Å². The number of benzene rings is 1. The van der Waals surface area contributed by atoms with E-state index in [1.165, 1.54) is 13.0 Å². The average molecular weight is 246 g/mol. The number of halogens is 2. The number of rotatable bonds is 3. The highest BCUT2D eigenvalue weighted by molar-refractivity contribution is 6.32. The van der Waals surface area contributed by atoms with Crippen LogP contribution >= 0.6 is 11.6 Å². The van der Waals surface area contributed by atoms with E-state index in [2.05, 4.69) is 0 Å². The first kappa shape index (κ1) is 12.8. The van der Waals surface area contributed by atoms with Gasteiger partial charge in [0.25, 0.3) is 0 Å². The predicted molar refractivity (Wildman–Crippen MR) is 61.1 cm³/mol. The number of nitrogens with two attached hydrogens (primary N) is 1. The van der Waals surface area contributed by atoms with Gasteiger partial charge < -0.3 is 10.8 Å². The van der Waals surface area contributed by atoms with Gasteiger partial charge in [-0.25, -0.2) is 4.39 Å². The molecule has 0 saturated heterocycles. The Morgan fingerprint density at radius 3 is 2.62 bits per heavy atom. The number of hydrogen-bond acceptors (Lipinski definition) is 2. The SMILES string of the molecule is CCC(C)(C(=O)O)c1cc(F)c(N)cc1Cl. The molecule has 1 rings (SSSR count). The largest absolute Gasteiger partial charge is 0.481 e. The standard InChI is InChI=1S/C11H13ClFNO2/c1-3-11(2,10(15)16)6-4-8(13)9(14)5-7(6)12/h4-5H,3,14H2,1-2H3,(H,15,16). The number of aliphatic carboxylic acids is 1. The fraction of sp³-hybridized carbons (Fsp3) is 0.364. The fourth-order valence-corrected chi connectivity index (χ4v) is 1.82. The molecule has 0 aliphatic carbocycles. The molecule has 1 atom stereocenters. The van der Waals surface area contributed by atoms with Crippen molar-refractivity contribution in [2.45, 2.75) is 25.7 Å². The van der Waals surface area contributed by atoms with Crippen LogP contribution in [0.2, 0.25) is 5.02 Å². The smallest absolute Gasteiger partial charge is 0.313 e. The zero-order valence-corrected chi connectivity index (χ0v) is 9.81. The minimum absolute atomic E-state index is 0.0856. The Morgan fingerprint density at radius 2 is 2.19 bits per heavy atom. The zero-order chi connectivity index (χ0) is 12.5. The fourth-order valence-electron chi connectivity index (χ4n) is 1.44. The number of carbonyl (C=O) groups is 1. The summed E-state index contributed by atoms with van der Waals surface area (Å²) < 4.78 is 13.3. The Morgan fingerprint density at radius 1 is 1.62 bits per heavy atom. The second-order valence-corrected chi connectivity index (χ2v) is 4.25. The maximum Gasteiger partial charge on any atom is 0.313 e. The molecule has 3 nitrogen and oxygen atoms in total. The van der Waals surface area contributed by atoms with Gasteiger partial charge in [0.2, 0.25) is 0 Å². The highest BCUT2D eigenvalue weighted by atomic mass is 35.5. The number of nitrogen functional groups attached to an aromatic ring is 1. The van der Waals surface area contributed by atoms with E-state index in [1.54, 1.807) is 6.92 Å². The van der Waals surface area contributed by atoms with Crippen LogP contribution in [0.15, 0.2) is 12.1 Å². The molecule has 16 heavy (non-hydrogen) atoms. The van der Waals surface area contributed by atoms with E-state index < -0.39 is 17.2 Å². The lowest BCUT2D eigenvalue weighted by Crippen LogP contribution is -2.32. The highest BCUT2D eigenvalue weighted by Gasteiger charge is 2.35. The van der Waals surface area contributed by atoms with Crippen molar-refractivity contribution in [2.24, 2.45) is 0 Å². The Labute approximate surface area is 98.0 Å². The van der Waals surface area contributed by atoms with Crippen LogP contribution in [-0.2, 0) is 10.2 Å². The van der Waals surface area contributed by atoms with Gasteiger partial charge in [0.15, 0.2) is 0 Å². The third kappa shape index (κ3) is 1.97. The molecule has 5 heteroatoms. The van der Waals surface area contributed by atoms with E-state index in [9.17, 15) is 9.18 Å². The van der Waals surface area contributed by atoms with Crippen LogP contribution in [0.3, 0.4) is 0 Å². The van der Waals surface area contributed by atoms with Gasteiger partial charge in [0, 0.05) is 5.02 Å². The van der Waals surface area contributed by atoms with Crippen molar-refractivity contribution in [3.05, 3.63) is 28.5 Å². The molecule has 0 aromatic heterocycles. The highest BCUT2D eigenvalue weighted by Crippen LogP contribution is 2.35. The van der Waals surface area contributed by atoms with Gasteiger partial charge in [-0.15, -0.1) is 0 Å². The van der Waals surface area contributed by atoms with Crippen molar-refractivity contribution >= 4 is 23.3 Å². The van der Waals surface area contributed by atoms with Gasteiger partial charge in [-0.1, -0.05) is 18.5 Å². The van der Waals surface area contributed by atoms with Gasteiger partial charge in [-0.05, 0) is 31.0 Å². The molecule has 0 aliphatic heterocycles. The number of anilines is 1. The van der Waals surface area contributed by atoms with Crippen LogP contribution in [0.4, 0.5) is 10.1 Å². The molecule has 1 aromatic rings. The van der Waals surface area contributed by atoms with Crippen molar-refractivity contribution in [3.8, 4) is 0 Å². The van der Waals surface area contributed by atoms with E-state index in [0.29, 0.717) is 6.42 Å². The van der Waals surface area contributed by atoms with Gasteiger partial charge >= 0.3 is 5.97 Å². The summed E-state index contributed by atoms with van der Waals surface area (Å²) in [4.78, 5) is 11.2. The molecule has 1 aromatic carbocycles. The maximum atomic E-state index is 13.3. The Hall–Kier alpha value is -1.29. The molecule has 3 N–H and O–H groups in total. The molecule has 0 heterocycles. The van der Waals surface area contributed by atoms with Crippen LogP contribution in [-0.4, -0.2) is 11.1 Å². The normalized spacial score (nSPS) is 14.5. The summed E-state index contributed by atoms with van der Waals surface area (Å²) in [6.45, 7) is 3.21. The topological polar surface area (TPSA) is 63.3 Å². The van der Waals surface area contributed by atoms with E-state index in [1.807, 2.05) is 0 Å². The molecular weight excluding hydrogens is 233 g/mol. The Kier molecular flexibility index (Phi) is 3.43. The van der Waals surface area contributed by atoms with Gasteiger partial charge in [0.1, 0.15) is 5.82 Å². The molecular formula is C11H13ClFNO2.